The summed E-state index contributed by atoms with van der Waals surface area (Å²) in [7, 11) is 0. The second kappa shape index (κ2) is 5.36. The molecule has 0 aromatic rings. The Bertz CT molecular complexity index is 536. The summed E-state index contributed by atoms with van der Waals surface area (Å²) in [5.74, 6) is 4.27. The van der Waals surface area contributed by atoms with Crippen molar-refractivity contribution >= 4 is 5.97 Å². The molecule has 0 aromatic carbocycles. The van der Waals surface area contributed by atoms with Gasteiger partial charge in [0.05, 0.1) is 0 Å². The second-order valence-corrected chi connectivity index (χ2v) is 9.26. The molecular formula is C21H32O2. The summed E-state index contributed by atoms with van der Waals surface area (Å²) >= 11 is 0. The predicted molar refractivity (Wildman–Crippen MR) is 91.6 cm³/mol. The van der Waals surface area contributed by atoms with Gasteiger partial charge in [0.1, 0.15) is 5.76 Å². The highest BCUT2D eigenvalue weighted by Gasteiger charge is 2.58. The molecule has 23 heavy (non-hydrogen) atoms. The van der Waals surface area contributed by atoms with Gasteiger partial charge in [-0.25, -0.2) is 0 Å². The molecule has 6 unspecified atom stereocenters. The van der Waals surface area contributed by atoms with Crippen LogP contribution in [-0.2, 0) is 9.53 Å². The Hall–Kier alpha value is -0.790. The monoisotopic (exact) mass is 316 g/mol. The molecule has 0 aromatic heterocycles. The lowest BCUT2D eigenvalue weighted by atomic mass is 9.45. The van der Waals surface area contributed by atoms with Gasteiger partial charge >= 0.3 is 5.97 Å². The Labute approximate surface area is 141 Å². The first-order valence-electron chi connectivity index (χ1n) is 9.84. The number of esters is 1. The largest absolute Gasteiger partial charge is 0.431 e. The second-order valence-electron chi connectivity index (χ2n) is 9.26. The Kier molecular flexibility index (Phi) is 3.66. The maximum Gasteiger partial charge on any atom is 0.307 e. The smallest absolute Gasteiger partial charge is 0.307 e. The Morgan fingerprint density at radius 2 is 1.91 bits per heavy atom. The van der Waals surface area contributed by atoms with E-state index in [1.54, 1.807) is 0 Å². The number of allylic oxidation sites excluding steroid dienone is 2. The normalized spacial score (nSPS) is 48.7. The minimum Gasteiger partial charge on any atom is -0.431 e. The van der Waals surface area contributed by atoms with Crippen molar-refractivity contribution in [1.29, 1.82) is 0 Å². The molecule has 3 saturated carbocycles. The average Bonchev–Trinajstić information content (AvgIpc) is 2.83. The van der Waals surface area contributed by atoms with Crippen molar-refractivity contribution in [2.45, 2.75) is 78.6 Å². The fraction of sp³-hybridized carbons (Fsp3) is 0.857. The SMILES string of the molecule is CC(=O)OC1=CCC2C3CCC4CCCCC4(C)C3CCC12C. The summed E-state index contributed by atoms with van der Waals surface area (Å²) in [4.78, 5) is 11.5. The van der Waals surface area contributed by atoms with Crippen LogP contribution >= 0.6 is 0 Å². The van der Waals surface area contributed by atoms with Crippen LogP contribution in [0.15, 0.2) is 11.8 Å². The standard InChI is InChI=1S/C21H32O2/c1-14(22)23-19-10-9-17-16-8-7-15-6-4-5-12-20(15,2)18(16)11-13-21(17,19)3/h10,15-18H,4-9,11-13H2,1-3H3. The molecule has 0 aliphatic heterocycles. The van der Waals surface area contributed by atoms with Crippen LogP contribution < -0.4 is 0 Å². The van der Waals surface area contributed by atoms with Crippen LogP contribution in [0.4, 0.5) is 0 Å². The number of hydrogen-bond acceptors (Lipinski definition) is 2. The maximum atomic E-state index is 11.5. The molecule has 0 N–H and O–H groups in total. The summed E-state index contributed by atoms with van der Waals surface area (Å²) in [5.41, 5.74) is 0.706. The van der Waals surface area contributed by atoms with Gasteiger partial charge in [-0.15, -0.1) is 0 Å². The predicted octanol–water partition coefficient (Wildman–Crippen LogP) is 5.48. The average molecular weight is 316 g/mol. The Morgan fingerprint density at radius 1 is 1.09 bits per heavy atom. The third-order valence-corrected chi connectivity index (χ3v) is 8.35. The van der Waals surface area contributed by atoms with E-state index in [0.29, 0.717) is 11.3 Å². The molecule has 2 nitrogen and oxygen atoms in total. The van der Waals surface area contributed by atoms with E-state index in [2.05, 4.69) is 19.9 Å². The number of hydrogen-bond donors (Lipinski definition) is 0. The molecule has 128 valence electrons. The Morgan fingerprint density at radius 3 is 2.70 bits per heavy atom. The topological polar surface area (TPSA) is 26.3 Å². The first kappa shape index (κ1) is 15.7. The summed E-state index contributed by atoms with van der Waals surface area (Å²) < 4.78 is 5.62. The van der Waals surface area contributed by atoms with E-state index < -0.39 is 0 Å². The van der Waals surface area contributed by atoms with E-state index in [1.807, 2.05) is 0 Å². The van der Waals surface area contributed by atoms with Crippen molar-refractivity contribution < 1.29 is 9.53 Å². The van der Waals surface area contributed by atoms with Crippen LogP contribution in [0.5, 0.6) is 0 Å². The molecule has 0 amide bonds. The van der Waals surface area contributed by atoms with E-state index >= 15 is 0 Å². The zero-order chi connectivity index (χ0) is 16.2. The molecule has 4 aliphatic rings. The number of rotatable bonds is 1. The molecule has 0 heterocycles. The minimum atomic E-state index is -0.150. The number of carbonyl (C=O) groups is 1. The van der Waals surface area contributed by atoms with Gasteiger partial charge in [0.15, 0.2) is 0 Å². The molecule has 4 rings (SSSR count). The highest BCUT2D eigenvalue weighted by molar-refractivity contribution is 5.67. The van der Waals surface area contributed by atoms with E-state index in [1.165, 1.54) is 58.3 Å². The van der Waals surface area contributed by atoms with Crippen molar-refractivity contribution in [1.82, 2.24) is 0 Å². The fourth-order valence-electron chi connectivity index (χ4n) is 7.14. The van der Waals surface area contributed by atoms with Crippen molar-refractivity contribution in [3.63, 3.8) is 0 Å². The van der Waals surface area contributed by atoms with E-state index in [9.17, 15) is 4.79 Å². The third-order valence-electron chi connectivity index (χ3n) is 8.35. The summed E-state index contributed by atoms with van der Waals surface area (Å²) in [5, 5.41) is 0. The van der Waals surface area contributed by atoms with Gasteiger partial charge in [-0.2, -0.15) is 0 Å². The highest BCUT2D eigenvalue weighted by atomic mass is 16.5. The van der Waals surface area contributed by atoms with Crippen LogP contribution in [0.2, 0.25) is 0 Å². The van der Waals surface area contributed by atoms with Gasteiger partial charge < -0.3 is 4.74 Å². The van der Waals surface area contributed by atoms with Crippen molar-refractivity contribution in [3.8, 4) is 0 Å². The van der Waals surface area contributed by atoms with Gasteiger partial charge in [0, 0.05) is 12.3 Å². The molecule has 6 atom stereocenters. The molecule has 0 spiro atoms. The lowest BCUT2D eigenvalue weighted by Gasteiger charge is -2.60. The summed E-state index contributed by atoms with van der Waals surface area (Å²) in [6.07, 6.45) is 14.6. The molecule has 2 heteroatoms. The molecule has 3 fully saturated rings. The molecule has 0 saturated heterocycles. The summed E-state index contributed by atoms with van der Waals surface area (Å²) in [6, 6.07) is 0. The number of ether oxygens (including phenoxy) is 1. The maximum absolute atomic E-state index is 11.5. The van der Waals surface area contributed by atoms with Crippen LogP contribution in [-0.4, -0.2) is 5.97 Å². The lowest BCUT2D eigenvalue weighted by Crippen LogP contribution is -2.52. The first-order valence-corrected chi connectivity index (χ1v) is 9.84. The van der Waals surface area contributed by atoms with Crippen molar-refractivity contribution in [2.24, 2.45) is 34.5 Å². The zero-order valence-electron chi connectivity index (χ0n) is 15.1. The summed E-state index contributed by atoms with van der Waals surface area (Å²) in [6.45, 7) is 6.52. The van der Waals surface area contributed by atoms with E-state index in [0.717, 1.165) is 29.9 Å². The molecule has 0 radical (unpaired) electrons. The van der Waals surface area contributed by atoms with E-state index in [-0.39, 0.29) is 11.4 Å². The van der Waals surface area contributed by atoms with Gasteiger partial charge in [-0.3, -0.25) is 4.79 Å². The molecule has 0 bridgehead atoms. The van der Waals surface area contributed by atoms with Gasteiger partial charge in [-0.1, -0.05) is 26.7 Å². The molecular weight excluding hydrogens is 284 g/mol. The quantitative estimate of drug-likeness (QED) is 0.599. The third kappa shape index (κ3) is 2.23. The zero-order valence-corrected chi connectivity index (χ0v) is 15.1. The van der Waals surface area contributed by atoms with E-state index in [4.69, 9.17) is 4.74 Å². The minimum absolute atomic E-state index is 0.116. The van der Waals surface area contributed by atoms with Crippen LogP contribution in [0.1, 0.15) is 78.6 Å². The molecule has 4 aliphatic carbocycles. The van der Waals surface area contributed by atoms with Gasteiger partial charge in [-0.05, 0) is 80.1 Å². The van der Waals surface area contributed by atoms with Gasteiger partial charge in [0.2, 0.25) is 0 Å². The van der Waals surface area contributed by atoms with Crippen molar-refractivity contribution in [3.05, 3.63) is 11.8 Å². The number of fused-ring (bicyclic) bond motifs is 5. The van der Waals surface area contributed by atoms with Crippen LogP contribution in [0.3, 0.4) is 0 Å². The first-order chi connectivity index (χ1) is 10.9. The Balaban J connectivity index is 1.60. The lowest BCUT2D eigenvalue weighted by molar-refractivity contribution is -0.142. The van der Waals surface area contributed by atoms with Gasteiger partial charge in [0.25, 0.3) is 0 Å². The highest BCUT2D eigenvalue weighted by Crippen LogP contribution is 2.66. The van der Waals surface area contributed by atoms with Crippen LogP contribution in [0.25, 0.3) is 0 Å². The fourth-order valence-corrected chi connectivity index (χ4v) is 7.14. The van der Waals surface area contributed by atoms with Crippen LogP contribution in [0, 0.1) is 34.5 Å². The number of carbonyl (C=O) groups excluding carboxylic acids is 1. The van der Waals surface area contributed by atoms with Crippen molar-refractivity contribution in [2.75, 3.05) is 0 Å².